The summed E-state index contributed by atoms with van der Waals surface area (Å²) in [5.74, 6) is 2.41. The molecule has 7 heteroatoms. The summed E-state index contributed by atoms with van der Waals surface area (Å²) in [5.41, 5.74) is 3.35. The first kappa shape index (κ1) is 22.7. The van der Waals surface area contributed by atoms with Crippen molar-refractivity contribution in [3.8, 4) is 17.2 Å². The molecule has 0 atom stereocenters. The molecule has 1 N–H and O–H groups in total. The van der Waals surface area contributed by atoms with Crippen LogP contribution in [0, 0.1) is 6.92 Å². The van der Waals surface area contributed by atoms with Gasteiger partial charge in [-0.3, -0.25) is 4.79 Å². The average Bonchev–Trinajstić information content (AvgIpc) is 2.80. The Morgan fingerprint density at radius 2 is 1.61 bits per heavy atom. The van der Waals surface area contributed by atoms with Crippen molar-refractivity contribution in [3.05, 3.63) is 47.5 Å². The first-order valence-electron chi connectivity index (χ1n) is 10.6. The number of hydrogen-bond donors (Lipinski definition) is 1. The van der Waals surface area contributed by atoms with Crippen molar-refractivity contribution in [1.29, 1.82) is 0 Å². The number of aryl methyl sites for hydroxylation is 1. The number of quaternary nitrogens is 1. The topological polar surface area (TPSA) is 55.7 Å². The van der Waals surface area contributed by atoms with Crippen molar-refractivity contribution in [1.82, 2.24) is 4.90 Å². The summed E-state index contributed by atoms with van der Waals surface area (Å²) >= 11 is 0. The average molecular weight is 429 g/mol. The van der Waals surface area contributed by atoms with Gasteiger partial charge in [0.2, 0.25) is 0 Å². The second-order valence-electron chi connectivity index (χ2n) is 8.00. The van der Waals surface area contributed by atoms with Crippen molar-refractivity contribution >= 4 is 11.6 Å². The molecule has 1 fully saturated rings. The summed E-state index contributed by atoms with van der Waals surface area (Å²) in [5, 5.41) is 0. The zero-order valence-electron chi connectivity index (χ0n) is 19.2. The third-order valence-corrected chi connectivity index (χ3v) is 5.98. The van der Waals surface area contributed by atoms with Crippen LogP contribution in [0.1, 0.15) is 11.1 Å². The van der Waals surface area contributed by atoms with E-state index in [0.717, 1.165) is 43.1 Å². The quantitative estimate of drug-likeness (QED) is 0.689. The van der Waals surface area contributed by atoms with Gasteiger partial charge in [0.25, 0.3) is 5.91 Å². The number of piperazine rings is 1. The van der Waals surface area contributed by atoms with Gasteiger partial charge in [0.15, 0.2) is 18.0 Å². The van der Waals surface area contributed by atoms with Gasteiger partial charge >= 0.3 is 0 Å². The Bertz CT molecular complexity index is 877. The summed E-state index contributed by atoms with van der Waals surface area (Å²) in [7, 11) is 6.80. The first-order valence-corrected chi connectivity index (χ1v) is 10.6. The maximum atomic E-state index is 12.8. The number of hydrogen-bond acceptors (Lipinski definition) is 5. The van der Waals surface area contributed by atoms with E-state index in [2.05, 4.69) is 17.0 Å². The number of likely N-dealkylation sites (N-methyl/N-ethyl adjacent to an activating group) is 1. The van der Waals surface area contributed by atoms with E-state index in [4.69, 9.17) is 14.2 Å². The molecular weight excluding hydrogens is 394 g/mol. The number of nitrogens with one attached hydrogen (secondary N) is 1. The normalized spacial score (nSPS) is 14.3. The third-order valence-electron chi connectivity index (χ3n) is 5.98. The summed E-state index contributed by atoms with van der Waals surface area (Å²) in [6.45, 7) is 6.86. The van der Waals surface area contributed by atoms with Crippen molar-refractivity contribution in [2.24, 2.45) is 0 Å². The number of nitrogens with zero attached hydrogens (tertiary/aromatic N) is 2. The largest absolute Gasteiger partial charge is 0.497 e. The molecule has 0 saturated carbocycles. The molecule has 3 rings (SSSR count). The van der Waals surface area contributed by atoms with Crippen molar-refractivity contribution in [2.75, 3.05) is 66.0 Å². The van der Waals surface area contributed by atoms with E-state index in [9.17, 15) is 4.79 Å². The van der Waals surface area contributed by atoms with E-state index in [1.807, 2.05) is 38.2 Å². The van der Waals surface area contributed by atoms with Gasteiger partial charge in [0, 0.05) is 19.3 Å². The minimum Gasteiger partial charge on any atom is -0.497 e. The SMILES string of the molecule is COc1ccc(N2CC[NH+](CC(=O)N(C)Cc3cc(OC)c(OC)cc3C)CC2)cc1. The minimum absolute atomic E-state index is 0.155. The van der Waals surface area contributed by atoms with Gasteiger partial charge in [-0.1, -0.05) is 0 Å². The maximum Gasteiger partial charge on any atom is 0.277 e. The van der Waals surface area contributed by atoms with Gasteiger partial charge in [-0.2, -0.15) is 0 Å². The van der Waals surface area contributed by atoms with Crippen LogP contribution in [-0.4, -0.2) is 71.9 Å². The van der Waals surface area contributed by atoms with Crippen LogP contribution < -0.4 is 24.0 Å². The van der Waals surface area contributed by atoms with E-state index >= 15 is 0 Å². The summed E-state index contributed by atoms with van der Waals surface area (Å²) in [6, 6.07) is 12.1. The smallest absolute Gasteiger partial charge is 0.277 e. The molecule has 1 saturated heterocycles. The molecule has 2 aromatic rings. The molecule has 0 unspecified atom stereocenters. The number of methoxy groups -OCH3 is 3. The van der Waals surface area contributed by atoms with E-state index in [-0.39, 0.29) is 5.91 Å². The van der Waals surface area contributed by atoms with Crippen LogP contribution in [0.3, 0.4) is 0 Å². The first-order chi connectivity index (χ1) is 14.9. The van der Waals surface area contributed by atoms with Crippen LogP contribution in [0.4, 0.5) is 5.69 Å². The Hall–Kier alpha value is -2.93. The highest BCUT2D eigenvalue weighted by atomic mass is 16.5. The number of benzene rings is 2. The number of ether oxygens (including phenoxy) is 3. The molecule has 0 bridgehead atoms. The fourth-order valence-electron chi connectivity index (χ4n) is 3.94. The van der Waals surface area contributed by atoms with Gasteiger partial charge in [-0.15, -0.1) is 0 Å². The lowest BCUT2D eigenvalue weighted by Gasteiger charge is -2.34. The van der Waals surface area contributed by atoms with Gasteiger partial charge in [-0.25, -0.2) is 0 Å². The Morgan fingerprint density at radius 3 is 2.19 bits per heavy atom. The third kappa shape index (κ3) is 5.61. The van der Waals surface area contributed by atoms with Gasteiger partial charge in [0.05, 0.1) is 47.5 Å². The van der Waals surface area contributed by atoms with Crippen LogP contribution in [0.5, 0.6) is 17.2 Å². The highest BCUT2D eigenvalue weighted by Gasteiger charge is 2.24. The molecule has 0 spiro atoms. The van der Waals surface area contributed by atoms with E-state index in [0.29, 0.717) is 24.6 Å². The predicted octanol–water partition coefficient (Wildman–Crippen LogP) is 1.38. The lowest BCUT2D eigenvalue weighted by Crippen LogP contribution is -3.15. The van der Waals surface area contributed by atoms with E-state index < -0.39 is 0 Å². The molecule has 2 aromatic carbocycles. The van der Waals surface area contributed by atoms with Crippen LogP contribution in [0.2, 0.25) is 0 Å². The fourth-order valence-corrected chi connectivity index (χ4v) is 3.94. The fraction of sp³-hybridized carbons (Fsp3) is 0.458. The van der Waals surface area contributed by atoms with E-state index in [1.54, 1.807) is 26.2 Å². The van der Waals surface area contributed by atoms with Gasteiger partial charge in [0.1, 0.15) is 5.75 Å². The number of amides is 1. The molecule has 7 nitrogen and oxygen atoms in total. The van der Waals surface area contributed by atoms with Gasteiger partial charge < -0.3 is 28.9 Å². The van der Waals surface area contributed by atoms with Crippen LogP contribution in [0.25, 0.3) is 0 Å². The monoisotopic (exact) mass is 428 g/mol. The Labute approximate surface area is 185 Å². The number of rotatable bonds is 8. The van der Waals surface area contributed by atoms with Crippen LogP contribution >= 0.6 is 0 Å². The second-order valence-corrected chi connectivity index (χ2v) is 8.00. The Balaban J connectivity index is 1.52. The van der Waals surface area contributed by atoms with Crippen molar-refractivity contribution in [2.45, 2.75) is 13.5 Å². The molecular formula is C24H34N3O4+. The molecule has 0 radical (unpaired) electrons. The highest BCUT2D eigenvalue weighted by Crippen LogP contribution is 2.30. The highest BCUT2D eigenvalue weighted by molar-refractivity contribution is 5.77. The van der Waals surface area contributed by atoms with Gasteiger partial charge in [-0.05, 0) is 54.4 Å². The van der Waals surface area contributed by atoms with Crippen molar-refractivity contribution < 1.29 is 23.9 Å². The van der Waals surface area contributed by atoms with E-state index in [1.165, 1.54) is 10.6 Å². The predicted molar refractivity (Wildman–Crippen MR) is 122 cm³/mol. The molecule has 168 valence electrons. The summed E-state index contributed by atoms with van der Waals surface area (Å²) < 4.78 is 16.0. The van der Waals surface area contributed by atoms with Crippen LogP contribution in [-0.2, 0) is 11.3 Å². The number of anilines is 1. The number of carbonyl (C=O) groups excluding carboxylic acids is 1. The minimum atomic E-state index is 0.155. The molecule has 0 aliphatic carbocycles. The molecule has 1 heterocycles. The Kier molecular flexibility index (Phi) is 7.63. The number of carbonyl (C=O) groups is 1. The van der Waals surface area contributed by atoms with Crippen LogP contribution in [0.15, 0.2) is 36.4 Å². The second kappa shape index (κ2) is 10.4. The zero-order chi connectivity index (χ0) is 22.4. The maximum absolute atomic E-state index is 12.8. The lowest BCUT2D eigenvalue weighted by molar-refractivity contribution is -0.892. The Morgan fingerprint density at radius 1 is 1.00 bits per heavy atom. The standard InChI is InChI=1S/C24H33N3O4/c1-18-14-22(30-4)23(31-5)15-19(18)16-25(2)24(28)17-26-10-12-27(13-11-26)20-6-8-21(29-3)9-7-20/h6-9,14-15H,10-13,16-17H2,1-5H3/p+1. The summed E-state index contributed by atoms with van der Waals surface area (Å²) in [4.78, 5) is 18.3. The summed E-state index contributed by atoms with van der Waals surface area (Å²) in [6.07, 6.45) is 0. The molecule has 0 aromatic heterocycles. The molecule has 1 amide bonds. The zero-order valence-corrected chi connectivity index (χ0v) is 19.2. The molecule has 31 heavy (non-hydrogen) atoms. The van der Waals surface area contributed by atoms with Crippen molar-refractivity contribution in [3.63, 3.8) is 0 Å². The lowest BCUT2D eigenvalue weighted by atomic mass is 10.1. The molecule has 1 aliphatic heterocycles. The molecule has 1 aliphatic rings.